The fraction of sp³-hybridized carbons (Fsp3) is 0.480. The minimum absolute atomic E-state index is 0.0234. The highest BCUT2D eigenvalue weighted by molar-refractivity contribution is 5.94. The van der Waals surface area contributed by atoms with Crippen LogP contribution in [0.2, 0.25) is 0 Å². The van der Waals surface area contributed by atoms with Crippen LogP contribution >= 0.6 is 0 Å². The Labute approximate surface area is 174 Å². The zero-order valence-corrected chi connectivity index (χ0v) is 17.8. The lowest BCUT2D eigenvalue weighted by molar-refractivity contribution is 0.0619. The fourth-order valence-electron chi connectivity index (χ4n) is 4.48. The number of piperidine rings is 1. The fourth-order valence-corrected chi connectivity index (χ4v) is 4.48. The van der Waals surface area contributed by atoms with Crippen LogP contribution in [0, 0.1) is 6.92 Å². The number of rotatable bonds is 4. The summed E-state index contributed by atoms with van der Waals surface area (Å²) in [4.78, 5) is 15.5. The zero-order valence-electron chi connectivity index (χ0n) is 17.8. The number of amides is 1. The SMILES string of the molecule is Cc1ccc2c(c1)[C@@H](NC(=O)c1ccc(CN3CCCCC3)cc1)CC(C)(C)O2. The zero-order chi connectivity index (χ0) is 20.4. The molecule has 2 aromatic carbocycles. The minimum Gasteiger partial charge on any atom is -0.487 e. The summed E-state index contributed by atoms with van der Waals surface area (Å²) in [6.07, 6.45) is 4.69. The van der Waals surface area contributed by atoms with Crippen LogP contribution in [0.15, 0.2) is 42.5 Å². The van der Waals surface area contributed by atoms with Crippen molar-refractivity contribution in [2.45, 2.75) is 64.6 Å². The number of nitrogens with one attached hydrogen (secondary N) is 1. The van der Waals surface area contributed by atoms with Crippen molar-refractivity contribution in [2.75, 3.05) is 13.1 Å². The van der Waals surface area contributed by atoms with Crippen LogP contribution in [0.5, 0.6) is 5.75 Å². The van der Waals surface area contributed by atoms with E-state index >= 15 is 0 Å². The molecule has 0 spiro atoms. The van der Waals surface area contributed by atoms with Gasteiger partial charge in [0.05, 0.1) is 6.04 Å². The molecule has 1 N–H and O–H groups in total. The predicted octanol–water partition coefficient (Wildman–Crippen LogP) is 5.01. The second-order valence-electron chi connectivity index (χ2n) is 9.17. The normalized spacial score (nSPS) is 21.1. The maximum atomic E-state index is 13.0. The molecule has 1 saturated heterocycles. The topological polar surface area (TPSA) is 41.6 Å². The maximum Gasteiger partial charge on any atom is 0.251 e. The van der Waals surface area contributed by atoms with E-state index in [1.54, 1.807) is 0 Å². The number of carbonyl (C=O) groups is 1. The number of hydrogen-bond acceptors (Lipinski definition) is 3. The van der Waals surface area contributed by atoms with Crippen molar-refractivity contribution in [1.82, 2.24) is 10.2 Å². The van der Waals surface area contributed by atoms with E-state index in [0.717, 1.165) is 24.3 Å². The number of hydrogen-bond donors (Lipinski definition) is 1. The number of benzene rings is 2. The third kappa shape index (κ3) is 4.81. The van der Waals surface area contributed by atoms with Gasteiger partial charge in [0, 0.05) is 24.1 Å². The monoisotopic (exact) mass is 392 g/mol. The van der Waals surface area contributed by atoms with Crippen LogP contribution < -0.4 is 10.1 Å². The molecule has 4 rings (SSSR count). The highest BCUT2D eigenvalue weighted by Crippen LogP contribution is 2.40. The van der Waals surface area contributed by atoms with Crippen LogP contribution in [0.25, 0.3) is 0 Å². The molecule has 4 nitrogen and oxygen atoms in total. The summed E-state index contributed by atoms with van der Waals surface area (Å²) in [6, 6.07) is 14.2. The Morgan fingerprint density at radius 3 is 2.55 bits per heavy atom. The van der Waals surface area contributed by atoms with Crippen LogP contribution in [0.4, 0.5) is 0 Å². The average molecular weight is 393 g/mol. The summed E-state index contributed by atoms with van der Waals surface area (Å²) in [6.45, 7) is 9.55. The summed E-state index contributed by atoms with van der Waals surface area (Å²) in [5.41, 5.74) is 3.92. The highest BCUT2D eigenvalue weighted by Gasteiger charge is 2.34. The van der Waals surface area contributed by atoms with Gasteiger partial charge in [-0.1, -0.05) is 36.2 Å². The van der Waals surface area contributed by atoms with E-state index in [1.807, 2.05) is 18.2 Å². The van der Waals surface area contributed by atoms with E-state index in [9.17, 15) is 4.79 Å². The quantitative estimate of drug-likeness (QED) is 0.795. The predicted molar refractivity (Wildman–Crippen MR) is 116 cm³/mol. The number of fused-ring (bicyclic) bond motifs is 1. The summed E-state index contributed by atoms with van der Waals surface area (Å²) in [5, 5.41) is 3.25. The van der Waals surface area contributed by atoms with Gasteiger partial charge in [-0.25, -0.2) is 0 Å². The van der Waals surface area contributed by atoms with Crippen molar-refractivity contribution in [2.24, 2.45) is 0 Å². The Morgan fingerprint density at radius 1 is 1.10 bits per heavy atom. The van der Waals surface area contributed by atoms with Crippen molar-refractivity contribution >= 4 is 5.91 Å². The number of likely N-dealkylation sites (tertiary alicyclic amines) is 1. The van der Waals surface area contributed by atoms with Gasteiger partial charge in [0.2, 0.25) is 0 Å². The van der Waals surface area contributed by atoms with Gasteiger partial charge in [0.1, 0.15) is 11.4 Å². The molecule has 1 fully saturated rings. The van der Waals surface area contributed by atoms with E-state index in [1.165, 1.54) is 43.5 Å². The summed E-state index contributed by atoms with van der Waals surface area (Å²) in [7, 11) is 0. The van der Waals surface area contributed by atoms with E-state index in [0.29, 0.717) is 5.56 Å². The van der Waals surface area contributed by atoms with Crippen LogP contribution in [0.1, 0.15) is 72.6 Å². The maximum absolute atomic E-state index is 13.0. The molecule has 0 saturated carbocycles. The molecular formula is C25H32N2O2. The van der Waals surface area contributed by atoms with Crippen molar-refractivity contribution in [1.29, 1.82) is 0 Å². The van der Waals surface area contributed by atoms with Crippen molar-refractivity contribution in [3.8, 4) is 5.75 Å². The van der Waals surface area contributed by atoms with Gasteiger partial charge >= 0.3 is 0 Å². The van der Waals surface area contributed by atoms with Gasteiger partial charge < -0.3 is 10.1 Å². The third-order valence-electron chi connectivity index (χ3n) is 6.00. The first-order chi connectivity index (χ1) is 13.9. The Hall–Kier alpha value is -2.33. The molecular weight excluding hydrogens is 360 g/mol. The smallest absolute Gasteiger partial charge is 0.251 e. The number of aryl methyl sites for hydroxylation is 1. The number of carbonyl (C=O) groups excluding carboxylic acids is 1. The molecule has 1 atom stereocenters. The molecule has 0 aliphatic carbocycles. The lowest BCUT2D eigenvalue weighted by Gasteiger charge is -2.38. The summed E-state index contributed by atoms with van der Waals surface area (Å²) < 4.78 is 6.12. The van der Waals surface area contributed by atoms with Gasteiger partial charge in [0.25, 0.3) is 5.91 Å². The second kappa shape index (κ2) is 8.19. The Balaban J connectivity index is 1.45. The van der Waals surface area contributed by atoms with Gasteiger partial charge in [-0.15, -0.1) is 0 Å². The van der Waals surface area contributed by atoms with Crippen LogP contribution in [-0.4, -0.2) is 29.5 Å². The second-order valence-corrected chi connectivity index (χ2v) is 9.17. The minimum atomic E-state index is -0.307. The average Bonchev–Trinajstić information content (AvgIpc) is 2.69. The van der Waals surface area contributed by atoms with Crippen molar-refractivity contribution < 1.29 is 9.53 Å². The molecule has 29 heavy (non-hydrogen) atoms. The third-order valence-corrected chi connectivity index (χ3v) is 6.00. The van der Waals surface area contributed by atoms with Crippen LogP contribution in [-0.2, 0) is 6.54 Å². The Kier molecular flexibility index (Phi) is 5.64. The summed E-state index contributed by atoms with van der Waals surface area (Å²) in [5.74, 6) is 0.846. The molecule has 2 heterocycles. The van der Waals surface area contributed by atoms with E-state index in [-0.39, 0.29) is 17.6 Å². The molecule has 154 valence electrons. The van der Waals surface area contributed by atoms with Gasteiger partial charge in [-0.05, 0) is 70.5 Å². The number of ether oxygens (including phenoxy) is 1. The van der Waals surface area contributed by atoms with Crippen molar-refractivity contribution in [3.63, 3.8) is 0 Å². The van der Waals surface area contributed by atoms with Gasteiger partial charge in [-0.2, -0.15) is 0 Å². The van der Waals surface area contributed by atoms with E-state index in [4.69, 9.17) is 4.74 Å². The molecule has 2 aromatic rings. The van der Waals surface area contributed by atoms with Gasteiger partial charge in [0.15, 0.2) is 0 Å². The van der Waals surface area contributed by atoms with E-state index < -0.39 is 0 Å². The first kappa shape index (κ1) is 20.0. The van der Waals surface area contributed by atoms with E-state index in [2.05, 4.69) is 55.3 Å². The van der Waals surface area contributed by atoms with Crippen LogP contribution in [0.3, 0.4) is 0 Å². The lowest BCUT2D eigenvalue weighted by Crippen LogP contribution is -2.41. The molecule has 4 heteroatoms. The molecule has 2 aliphatic heterocycles. The molecule has 0 aromatic heterocycles. The molecule has 0 bridgehead atoms. The molecule has 0 radical (unpaired) electrons. The Bertz CT molecular complexity index is 867. The summed E-state index contributed by atoms with van der Waals surface area (Å²) >= 11 is 0. The Morgan fingerprint density at radius 2 is 1.83 bits per heavy atom. The largest absolute Gasteiger partial charge is 0.487 e. The lowest BCUT2D eigenvalue weighted by atomic mass is 9.88. The first-order valence-corrected chi connectivity index (χ1v) is 10.8. The molecule has 1 amide bonds. The molecule has 0 unspecified atom stereocenters. The molecule has 2 aliphatic rings. The highest BCUT2D eigenvalue weighted by atomic mass is 16.5. The first-order valence-electron chi connectivity index (χ1n) is 10.8. The standard InChI is InChI=1S/C25H32N2O2/c1-18-7-12-23-21(15-18)22(16-25(2,3)29-23)26-24(28)20-10-8-19(9-11-20)17-27-13-5-4-6-14-27/h7-12,15,22H,4-6,13-14,16-17H2,1-3H3,(H,26,28)/t22-/m0/s1. The number of nitrogens with zero attached hydrogens (tertiary/aromatic N) is 1. The van der Waals surface area contributed by atoms with Crippen molar-refractivity contribution in [3.05, 3.63) is 64.7 Å². The van der Waals surface area contributed by atoms with Gasteiger partial charge in [-0.3, -0.25) is 9.69 Å².